The van der Waals surface area contributed by atoms with E-state index in [4.69, 9.17) is 10.2 Å². The van der Waals surface area contributed by atoms with Gasteiger partial charge in [-0.1, -0.05) is 35.9 Å². The highest BCUT2D eigenvalue weighted by atomic mass is 16.3. The normalized spacial score (nSPS) is 12.8. The molecule has 1 unspecified atom stereocenters. The lowest BCUT2D eigenvalue weighted by molar-refractivity contribution is 0.631. The number of hydrogen-bond donors (Lipinski definition) is 1. The smallest absolute Gasteiger partial charge is 0.135 e. The fourth-order valence-electron chi connectivity index (χ4n) is 2.48. The summed E-state index contributed by atoms with van der Waals surface area (Å²) in [7, 11) is 0. The lowest BCUT2D eigenvalue weighted by Crippen LogP contribution is -2.17. The van der Waals surface area contributed by atoms with E-state index < -0.39 is 0 Å². The molecule has 3 aromatic rings. The van der Waals surface area contributed by atoms with Crippen molar-refractivity contribution in [3.63, 3.8) is 0 Å². The number of benzene rings is 2. The number of fused-ring (bicyclic) bond motifs is 1. The Hall–Kier alpha value is -2.06. The van der Waals surface area contributed by atoms with Crippen LogP contribution in [0.2, 0.25) is 0 Å². The van der Waals surface area contributed by atoms with Gasteiger partial charge in [0.25, 0.3) is 0 Å². The minimum atomic E-state index is 0.190. The van der Waals surface area contributed by atoms with Gasteiger partial charge in [0.1, 0.15) is 11.3 Å². The standard InChI is InChI=1S/C18H19NO/c1-12-3-8-17-16(9-12)11-18(20-17)15-6-4-14(5-7-15)10-13(2)19/h3-9,11,13H,10,19H2,1-2H3. The molecule has 0 aliphatic carbocycles. The average Bonchev–Trinajstić information content (AvgIpc) is 2.81. The van der Waals surface area contributed by atoms with E-state index in [1.54, 1.807) is 0 Å². The van der Waals surface area contributed by atoms with Crippen LogP contribution in [0.3, 0.4) is 0 Å². The van der Waals surface area contributed by atoms with Gasteiger partial charge in [0, 0.05) is 17.0 Å². The van der Waals surface area contributed by atoms with Crippen molar-refractivity contribution < 1.29 is 4.42 Å². The zero-order valence-electron chi connectivity index (χ0n) is 11.9. The second-order valence-electron chi connectivity index (χ2n) is 5.53. The fourth-order valence-corrected chi connectivity index (χ4v) is 2.48. The summed E-state index contributed by atoms with van der Waals surface area (Å²) in [4.78, 5) is 0. The first-order valence-corrected chi connectivity index (χ1v) is 6.97. The van der Waals surface area contributed by atoms with Crippen LogP contribution in [0.25, 0.3) is 22.3 Å². The van der Waals surface area contributed by atoms with Crippen molar-refractivity contribution in [2.75, 3.05) is 0 Å². The van der Waals surface area contributed by atoms with Crippen molar-refractivity contribution in [1.29, 1.82) is 0 Å². The molecule has 0 bridgehead atoms. The average molecular weight is 265 g/mol. The van der Waals surface area contributed by atoms with Gasteiger partial charge in [-0.3, -0.25) is 0 Å². The highest BCUT2D eigenvalue weighted by molar-refractivity contribution is 5.83. The molecule has 1 heterocycles. The van der Waals surface area contributed by atoms with E-state index in [0.29, 0.717) is 0 Å². The zero-order chi connectivity index (χ0) is 14.1. The predicted octanol–water partition coefficient (Wildman–Crippen LogP) is 4.30. The summed E-state index contributed by atoms with van der Waals surface area (Å²) in [6.07, 6.45) is 0.902. The number of rotatable bonds is 3. The van der Waals surface area contributed by atoms with Crippen molar-refractivity contribution >= 4 is 11.0 Å². The van der Waals surface area contributed by atoms with Gasteiger partial charge in [-0.2, -0.15) is 0 Å². The van der Waals surface area contributed by atoms with E-state index in [-0.39, 0.29) is 6.04 Å². The van der Waals surface area contributed by atoms with Gasteiger partial charge < -0.3 is 10.2 Å². The number of aryl methyl sites for hydroxylation is 1. The molecule has 1 aromatic heterocycles. The van der Waals surface area contributed by atoms with Gasteiger partial charge >= 0.3 is 0 Å². The van der Waals surface area contributed by atoms with Crippen molar-refractivity contribution in [3.8, 4) is 11.3 Å². The Morgan fingerprint density at radius 1 is 1.05 bits per heavy atom. The van der Waals surface area contributed by atoms with Crippen LogP contribution in [0, 0.1) is 6.92 Å². The topological polar surface area (TPSA) is 39.2 Å². The maximum Gasteiger partial charge on any atom is 0.135 e. The molecule has 2 heteroatoms. The molecule has 102 valence electrons. The molecule has 0 saturated heterocycles. The molecule has 0 radical (unpaired) electrons. The van der Waals surface area contributed by atoms with Crippen LogP contribution in [0.1, 0.15) is 18.1 Å². The van der Waals surface area contributed by atoms with Gasteiger partial charge in [-0.25, -0.2) is 0 Å². The van der Waals surface area contributed by atoms with Crippen molar-refractivity contribution in [1.82, 2.24) is 0 Å². The Labute approximate surface area is 119 Å². The Morgan fingerprint density at radius 2 is 1.80 bits per heavy atom. The highest BCUT2D eigenvalue weighted by Gasteiger charge is 2.06. The largest absolute Gasteiger partial charge is 0.456 e. The zero-order valence-corrected chi connectivity index (χ0v) is 11.9. The Balaban J connectivity index is 1.94. The van der Waals surface area contributed by atoms with Crippen molar-refractivity contribution in [2.45, 2.75) is 26.3 Å². The van der Waals surface area contributed by atoms with Gasteiger partial charge in [0.05, 0.1) is 0 Å². The van der Waals surface area contributed by atoms with Crippen LogP contribution < -0.4 is 5.73 Å². The molecule has 1 atom stereocenters. The maximum atomic E-state index is 5.91. The summed E-state index contributed by atoms with van der Waals surface area (Å²) < 4.78 is 5.91. The number of furan rings is 1. The summed E-state index contributed by atoms with van der Waals surface area (Å²) in [6, 6.07) is 17.0. The molecule has 2 aromatic carbocycles. The van der Waals surface area contributed by atoms with E-state index in [1.807, 2.05) is 13.0 Å². The highest BCUT2D eigenvalue weighted by Crippen LogP contribution is 2.28. The van der Waals surface area contributed by atoms with E-state index >= 15 is 0 Å². The van der Waals surface area contributed by atoms with Gasteiger partial charge in [-0.05, 0) is 44.0 Å². The molecule has 0 spiro atoms. The molecule has 2 nitrogen and oxygen atoms in total. The second-order valence-corrected chi connectivity index (χ2v) is 5.53. The van der Waals surface area contributed by atoms with E-state index in [0.717, 1.165) is 28.7 Å². The summed E-state index contributed by atoms with van der Waals surface area (Å²) in [5.74, 6) is 0.915. The quantitative estimate of drug-likeness (QED) is 0.767. The second kappa shape index (κ2) is 5.14. The van der Waals surface area contributed by atoms with Crippen LogP contribution in [-0.4, -0.2) is 6.04 Å². The van der Waals surface area contributed by atoms with Crippen LogP contribution in [0.5, 0.6) is 0 Å². The monoisotopic (exact) mass is 265 g/mol. The lowest BCUT2D eigenvalue weighted by atomic mass is 10.0. The Bertz CT molecular complexity index is 723. The summed E-state index contributed by atoms with van der Waals surface area (Å²) in [5, 5.41) is 1.15. The van der Waals surface area contributed by atoms with Gasteiger partial charge in [-0.15, -0.1) is 0 Å². The fraction of sp³-hybridized carbons (Fsp3) is 0.222. The van der Waals surface area contributed by atoms with Crippen molar-refractivity contribution in [2.24, 2.45) is 5.73 Å². The molecule has 0 saturated carbocycles. The van der Waals surface area contributed by atoms with Crippen molar-refractivity contribution in [3.05, 3.63) is 59.7 Å². The minimum Gasteiger partial charge on any atom is -0.456 e. The van der Waals surface area contributed by atoms with E-state index in [9.17, 15) is 0 Å². The minimum absolute atomic E-state index is 0.190. The molecule has 20 heavy (non-hydrogen) atoms. The Morgan fingerprint density at radius 3 is 2.50 bits per heavy atom. The van der Waals surface area contributed by atoms with Gasteiger partial charge in [0.15, 0.2) is 0 Å². The van der Waals surface area contributed by atoms with Gasteiger partial charge in [0.2, 0.25) is 0 Å². The Kier molecular flexibility index (Phi) is 3.33. The third-order valence-electron chi connectivity index (χ3n) is 3.47. The summed E-state index contributed by atoms with van der Waals surface area (Å²) in [6.45, 7) is 4.12. The molecule has 0 aliphatic heterocycles. The third kappa shape index (κ3) is 2.61. The van der Waals surface area contributed by atoms with Crippen LogP contribution in [0.4, 0.5) is 0 Å². The SMILES string of the molecule is Cc1ccc2oc(-c3ccc(CC(C)N)cc3)cc2c1. The molecule has 3 rings (SSSR count). The number of nitrogens with two attached hydrogens (primary N) is 1. The summed E-state index contributed by atoms with van der Waals surface area (Å²) in [5.41, 5.74) is 10.4. The lowest BCUT2D eigenvalue weighted by Gasteiger charge is -2.05. The molecular formula is C18H19NO. The molecule has 2 N–H and O–H groups in total. The molecular weight excluding hydrogens is 246 g/mol. The van der Waals surface area contributed by atoms with E-state index in [2.05, 4.69) is 49.4 Å². The first-order chi connectivity index (χ1) is 9.61. The van der Waals surface area contributed by atoms with E-state index in [1.165, 1.54) is 11.1 Å². The predicted molar refractivity (Wildman–Crippen MR) is 83.7 cm³/mol. The summed E-state index contributed by atoms with van der Waals surface area (Å²) >= 11 is 0. The first kappa shape index (κ1) is 12.9. The van der Waals surface area contributed by atoms with Crippen LogP contribution >= 0.6 is 0 Å². The molecule has 0 aliphatic rings. The number of hydrogen-bond acceptors (Lipinski definition) is 2. The first-order valence-electron chi connectivity index (χ1n) is 6.97. The maximum absolute atomic E-state index is 5.91. The molecule has 0 fully saturated rings. The third-order valence-corrected chi connectivity index (χ3v) is 3.47. The van der Waals surface area contributed by atoms with Crippen LogP contribution in [-0.2, 0) is 6.42 Å². The van der Waals surface area contributed by atoms with Crippen LogP contribution in [0.15, 0.2) is 52.9 Å². The molecule has 0 amide bonds.